The van der Waals surface area contributed by atoms with Gasteiger partial charge in [-0.15, -0.1) is 11.3 Å². The maximum Gasteiger partial charge on any atom is 0.236 e. The Morgan fingerprint density at radius 1 is 1.62 bits per heavy atom. The van der Waals surface area contributed by atoms with Crippen LogP contribution in [-0.4, -0.2) is 53.1 Å². The van der Waals surface area contributed by atoms with Crippen molar-refractivity contribution in [1.29, 1.82) is 0 Å². The number of thiophene rings is 1. The highest BCUT2D eigenvalue weighted by Gasteiger charge is 2.28. The van der Waals surface area contributed by atoms with Gasteiger partial charge in [0.15, 0.2) is 0 Å². The van der Waals surface area contributed by atoms with Gasteiger partial charge in [0.05, 0.1) is 23.5 Å². The minimum atomic E-state index is -0.309. The fourth-order valence-corrected chi connectivity index (χ4v) is 3.96. The topological polar surface area (TPSA) is 43.8 Å². The van der Waals surface area contributed by atoms with Gasteiger partial charge in [0.25, 0.3) is 0 Å². The number of likely N-dealkylation sites (N-methyl/N-ethyl adjacent to an activating group) is 1. The second-order valence-corrected chi connectivity index (χ2v) is 7.61. The molecule has 1 aliphatic heterocycles. The minimum Gasteiger partial charge on any atom is -0.393 e. The van der Waals surface area contributed by atoms with E-state index >= 15 is 0 Å². The molecule has 1 N–H and O–H groups in total. The largest absolute Gasteiger partial charge is 0.393 e. The van der Waals surface area contributed by atoms with Crippen LogP contribution in [-0.2, 0) is 11.3 Å². The Hall–Kier alpha value is -0.620. The Morgan fingerprint density at radius 3 is 3.00 bits per heavy atom. The average Bonchev–Trinajstić information content (AvgIpc) is 2.99. The lowest BCUT2D eigenvalue weighted by Crippen LogP contribution is -2.41. The zero-order valence-corrected chi connectivity index (χ0v) is 14.2. The van der Waals surface area contributed by atoms with Crippen LogP contribution in [0.5, 0.6) is 0 Å². The van der Waals surface area contributed by atoms with E-state index in [9.17, 15) is 9.90 Å². The number of hydrogen-bond acceptors (Lipinski definition) is 4. The first kappa shape index (κ1) is 16.7. The van der Waals surface area contributed by atoms with E-state index in [-0.39, 0.29) is 12.0 Å². The van der Waals surface area contributed by atoms with E-state index in [1.165, 1.54) is 11.3 Å². The number of likely N-dealkylation sites (tertiary alicyclic amines) is 1. The standard InChI is InChI=1S/C15H23ClN2O2S/c1-11(19)8-12-4-3-7-18(12)10-15(20)17(2)9-13-5-6-14(16)21-13/h5-6,11-12,19H,3-4,7-10H2,1-2H3. The van der Waals surface area contributed by atoms with Crippen LogP contribution in [0.3, 0.4) is 0 Å². The van der Waals surface area contributed by atoms with Crippen molar-refractivity contribution in [3.63, 3.8) is 0 Å². The lowest BCUT2D eigenvalue weighted by molar-refractivity contribution is -0.132. The Balaban J connectivity index is 1.85. The maximum absolute atomic E-state index is 12.3. The van der Waals surface area contributed by atoms with Crippen molar-refractivity contribution in [3.05, 3.63) is 21.3 Å². The molecule has 4 nitrogen and oxygen atoms in total. The monoisotopic (exact) mass is 330 g/mol. The van der Waals surface area contributed by atoms with Crippen LogP contribution in [0.4, 0.5) is 0 Å². The molecule has 0 saturated carbocycles. The summed E-state index contributed by atoms with van der Waals surface area (Å²) >= 11 is 7.42. The van der Waals surface area contributed by atoms with Crippen LogP contribution < -0.4 is 0 Å². The van der Waals surface area contributed by atoms with Crippen molar-refractivity contribution in [2.45, 2.75) is 44.9 Å². The van der Waals surface area contributed by atoms with Gasteiger partial charge in [-0.3, -0.25) is 9.69 Å². The van der Waals surface area contributed by atoms with Crippen LogP contribution in [0.15, 0.2) is 12.1 Å². The van der Waals surface area contributed by atoms with Gasteiger partial charge in [-0.25, -0.2) is 0 Å². The first-order valence-corrected chi connectivity index (χ1v) is 8.55. The lowest BCUT2D eigenvalue weighted by atomic mass is 10.1. The Kier molecular flexibility index (Phi) is 6.05. The number of nitrogens with zero attached hydrogens (tertiary/aromatic N) is 2. The summed E-state index contributed by atoms with van der Waals surface area (Å²) in [5.41, 5.74) is 0. The van der Waals surface area contributed by atoms with Crippen LogP contribution in [0.2, 0.25) is 4.34 Å². The summed E-state index contributed by atoms with van der Waals surface area (Å²) in [5.74, 6) is 0.122. The molecule has 2 unspecified atom stereocenters. The average molecular weight is 331 g/mol. The number of aliphatic hydroxyl groups is 1. The number of carbonyl (C=O) groups excluding carboxylic acids is 1. The van der Waals surface area contributed by atoms with Gasteiger partial charge in [0, 0.05) is 18.0 Å². The van der Waals surface area contributed by atoms with Gasteiger partial charge in [0.2, 0.25) is 5.91 Å². The molecular weight excluding hydrogens is 308 g/mol. The van der Waals surface area contributed by atoms with Gasteiger partial charge in [-0.2, -0.15) is 0 Å². The summed E-state index contributed by atoms with van der Waals surface area (Å²) in [5, 5.41) is 9.54. The van der Waals surface area contributed by atoms with E-state index in [2.05, 4.69) is 4.90 Å². The fourth-order valence-electron chi connectivity index (χ4n) is 2.82. The molecule has 0 bridgehead atoms. The zero-order valence-electron chi connectivity index (χ0n) is 12.6. The van der Waals surface area contributed by atoms with Crippen LogP contribution in [0, 0.1) is 0 Å². The molecule has 0 aromatic carbocycles. The summed E-state index contributed by atoms with van der Waals surface area (Å²) in [6, 6.07) is 4.15. The molecule has 118 valence electrons. The summed E-state index contributed by atoms with van der Waals surface area (Å²) < 4.78 is 0.752. The van der Waals surface area contributed by atoms with Crippen LogP contribution in [0.1, 0.15) is 31.1 Å². The fraction of sp³-hybridized carbons (Fsp3) is 0.667. The predicted octanol–water partition coefficient (Wildman–Crippen LogP) is 2.60. The van der Waals surface area contributed by atoms with Crippen LogP contribution in [0.25, 0.3) is 0 Å². The number of hydrogen-bond donors (Lipinski definition) is 1. The molecule has 2 heterocycles. The third kappa shape index (κ3) is 4.95. The number of amides is 1. The van der Waals surface area contributed by atoms with Gasteiger partial charge < -0.3 is 10.0 Å². The number of carbonyl (C=O) groups is 1. The van der Waals surface area contributed by atoms with Crippen molar-refractivity contribution < 1.29 is 9.90 Å². The third-order valence-corrected chi connectivity index (χ3v) is 5.11. The van der Waals surface area contributed by atoms with Gasteiger partial charge in [-0.1, -0.05) is 11.6 Å². The van der Waals surface area contributed by atoms with Crippen molar-refractivity contribution in [2.24, 2.45) is 0 Å². The second-order valence-electron chi connectivity index (χ2n) is 5.81. The SMILES string of the molecule is CC(O)CC1CCCN1CC(=O)N(C)Cc1ccc(Cl)s1. The summed E-state index contributed by atoms with van der Waals surface area (Å²) in [4.78, 5) is 17.4. The summed E-state index contributed by atoms with van der Waals surface area (Å²) in [6.45, 7) is 3.80. The molecule has 0 radical (unpaired) electrons. The molecule has 2 atom stereocenters. The predicted molar refractivity (Wildman–Crippen MR) is 86.7 cm³/mol. The number of aliphatic hydroxyl groups excluding tert-OH is 1. The van der Waals surface area contributed by atoms with Crippen molar-refractivity contribution in [3.8, 4) is 0 Å². The Morgan fingerprint density at radius 2 is 2.38 bits per heavy atom. The van der Waals surface area contributed by atoms with Gasteiger partial charge in [-0.05, 0) is 44.9 Å². The first-order chi connectivity index (χ1) is 9.95. The number of rotatable bonds is 6. The summed E-state index contributed by atoms with van der Waals surface area (Å²) in [6.07, 6.45) is 2.62. The molecule has 1 saturated heterocycles. The van der Waals surface area contributed by atoms with Crippen LogP contribution >= 0.6 is 22.9 Å². The first-order valence-electron chi connectivity index (χ1n) is 7.36. The molecule has 1 aromatic heterocycles. The molecule has 21 heavy (non-hydrogen) atoms. The van der Waals surface area contributed by atoms with Crippen molar-refractivity contribution >= 4 is 28.8 Å². The molecule has 1 amide bonds. The van der Waals surface area contributed by atoms with E-state index in [0.717, 1.165) is 35.0 Å². The minimum absolute atomic E-state index is 0.122. The maximum atomic E-state index is 12.3. The molecule has 0 spiro atoms. The molecular formula is C15H23ClN2O2S. The van der Waals surface area contributed by atoms with E-state index in [4.69, 9.17) is 11.6 Å². The summed E-state index contributed by atoms with van der Waals surface area (Å²) in [7, 11) is 1.83. The quantitative estimate of drug-likeness (QED) is 0.872. The number of halogens is 1. The molecule has 2 rings (SSSR count). The van der Waals surface area contributed by atoms with Crippen molar-refractivity contribution in [2.75, 3.05) is 20.1 Å². The second kappa shape index (κ2) is 7.58. The highest BCUT2D eigenvalue weighted by molar-refractivity contribution is 7.16. The molecule has 1 fully saturated rings. The molecule has 1 aromatic rings. The van der Waals surface area contributed by atoms with Gasteiger partial charge in [0.1, 0.15) is 0 Å². The smallest absolute Gasteiger partial charge is 0.236 e. The van der Waals surface area contributed by atoms with Crippen molar-refractivity contribution in [1.82, 2.24) is 9.80 Å². The zero-order chi connectivity index (χ0) is 15.4. The van der Waals surface area contributed by atoms with E-state index in [0.29, 0.717) is 19.1 Å². The van der Waals surface area contributed by atoms with E-state index < -0.39 is 0 Å². The molecule has 6 heteroatoms. The van der Waals surface area contributed by atoms with E-state index in [1.54, 1.807) is 4.90 Å². The third-order valence-electron chi connectivity index (χ3n) is 3.90. The lowest BCUT2D eigenvalue weighted by Gasteiger charge is -2.27. The van der Waals surface area contributed by atoms with Gasteiger partial charge >= 0.3 is 0 Å². The normalized spacial score (nSPS) is 20.7. The molecule has 0 aliphatic carbocycles. The highest BCUT2D eigenvalue weighted by atomic mass is 35.5. The Bertz CT molecular complexity index is 478. The highest BCUT2D eigenvalue weighted by Crippen LogP contribution is 2.23. The molecule has 1 aliphatic rings. The Labute approximate surface area is 135 Å². The van der Waals surface area contributed by atoms with E-state index in [1.807, 2.05) is 26.1 Å².